The Morgan fingerprint density at radius 3 is 2.30 bits per heavy atom. The number of hydrogen-bond acceptors (Lipinski definition) is 4. The second-order valence-electron chi connectivity index (χ2n) is 6.46. The van der Waals surface area contributed by atoms with Crippen LogP contribution in [-0.2, 0) is 11.2 Å². The van der Waals surface area contributed by atoms with E-state index in [0.29, 0.717) is 49.7 Å². The first-order valence-corrected chi connectivity index (χ1v) is 9.03. The van der Waals surface area contributed by atoms with Gasteiger partial charge in [-0.05, 0) is 30.2 Å². The van der Waals surface area contributed by atoms with Gasteiger partial charge in [-0.25, -0.2) is 0 Å². The third-order valence-corrected chi connectivity index (χ3v) is 4.80. The maximum Gasteiger partial charge on any atom is 0.261 e. The Kier molecular flexibility index (Phi) is 6.01. The normalized spacial score (nSPS) is 14.6. The van der Waals surface area contributed by atoms with E-state index in [1.54, 1.807) is 23.1 Å². The number of carbonyl (C=O) groups is 2. The monoisotopic (exact) mass is 371 g/mol. The van der Waals surface area contributed by atoms with Crippen molar-refractivity contribution in [1.82, 2.24) is 14.8 Å². The summed E-state index contributed by atoms with van der Waals surface area (Å²) < 4.78 is 10.7. The van der Waals surface area contributed by atoms with E-state index in [9.17, 15) is 9.59 Å². The van der Waals surface area contributed by atoms with Crippen molar-refractivity contribution in [2.45, 2.75) is 12.8 Å². The number of hydrogen-bond donors (Lipinski definition) is 1. The second kappa shape index (κ2) is 8.62. The highest BCUT2D eigenvalue weighted by Gasteiger charge is 2.27. The molecule has 1 aliphatic heterocycles. The first-order chi connectivity index (χ1) is 13.1. The van der Waals surface area contributed by atoms with Crippen LogP contribution in [0.4, 0.5) is 0 Å². The molecule has 0 radical (unpaired) electrons. The molecule has 7 heteroatoms. The first kappa shape index (κ1) is 18.8. The zero-order valence-electron chi connectivity index (χ0n) is 15.7. The number of nitrogens with zero attached hydrogens (tertiary/aromatic N) is 2. The number of rotatable bonds is 5. The highest BCUT2D eigenvalue weighted by Crippen LogP contribution is 2.29. The standard InChI is InChI=1S/C20H25N3O4/c1-26-16-5-3-6-17(27-2)19(16)20(25)23-10-4-9-22(11-12-23)18(24)13-15-7-8-21-14-15/h3,5-8,14,21H,4,9-13H2,1-2H3. The van der Waals surface area contributed by atoms with Gasteiger partial charge < -0.3 is 24.3 Å². The number of ether oxygens (including phenoxy) is 2. The van der Waals surface area contributed by atoms with E-state index in [4.69, 9.17) is 9.47 Å². The molecule has 1 saturated heterocycles. The van der Waals surface area contributed by atoms with Crippen LogP contribution in [0, 0.1) is 0 Å². The molecule has 3 rings (SSSR count). The van der Waals surface area contributed by atoms with E-state index in [0.717, 1.165) is 12.0 Å². The van der Waals surface area contributed by atoms with Gasteiger partial charge in [0.2, 0.25) is 5.91 Å². The molecule has 1 fully saturated rings. The molecule has 0 saturated carbocycles. The molecule has 1 N–H and O–H groups in total. The molecule has 1 aliphatic rings. The van der Waals surface area contributed by atoms with Gasteiger partial charge in [0.25, 0.3) is 5.91 Å². The SMILES string of the molecule is COc1cccc(OC)c1C(=O)N1CCCN(C(=O)Cc2cc[nH]c2)CC1. The summed E-state index contributed by atoms with van der Waals surface area (Å²) in [4.78, 5) is 32.2. The maximum absolute atomic E-state index is 13.1. The van der Waals surface area contributed by atoms with Crippen molar-refractivity contribution < 1.29 is 19.1 Å². The highest BCUT2D eigenvalue weighted by molar-refractivity contribution is 5.99. The number of nitrogens with one attached hydrogen (secondary N) is 1. The zero-order valence-corrected chi connectivity index (χ0v) is 15.7. The van der Waals surface area contributed by atoms with Gasteiger partial charge in [-0.1, -0.05) is 6.07 Å². The third-order valence-electron chi connectivity index (χ3n) is 4.80. The minimum Gasteiger partial charge on any atom is -0.496 e. The van der Waals surface area contributed by atoms with Crippen LogP contribution in [0.5, 0.6) is 11.5 Å². The number of benzene rings is 1. The number of aromatic amines is 1. The summed E-state index contributed by atoms with van der Waals surface area (Å²) in [6, 6.07) is 7.19. The number of amides is 2. The van der Waals surface area contributed by atoms with Crippen molar-refractivity contribution in [2.24, 2.45) is 0 Å². The Bertz CT molecular complexity index is 766. The fourth-order valence-electron chi connectivity index (χ4n) is 3.34. The molecule has 144 valence electrons. The lowest BCUT2D eigenvalue weighted by molar-refractivity contribution is -0.130. The van der Waals surface area contributed by atoms with E-state index in [1.165, 1.54) is 14.2 Å². The summed E-state index contributed by atoms with van der Waals surface area (Å²) in [7, 11) is 3.07. The number of methoxy groups -OCH3 is 2. The minimum atomic E-state index is -0.135. The molecule has 2 aromatic rings. The van der Waals surface area contributed by atoms with Gasteiger partial charge in [0.05, 0.1) is 20.6 Å². The van der Waals surface area contributed by atoms with Gasteiger partial charge in [-0.3, -0.25) is 9.59 Å². The Labute approximate surface area is 158 Å². The summed E-state index contributed by atoms with van der Waals surface area (Å²) in [6.07, 6.45) is 4.76. The average molecular weight is 371 g/mol. The van der Waals surface area contributed by atoms with Crippen molar-refractivity contribution in [3.05, 3.63) is 47.8 Å². The van der Waals surface area contributed by atoms with Crippen LogP contribution in [0.3, 0.4) is 0 Å². The van der Waals surface area contributed by atoms with Crippen molar-refractivity contribution in [2.75, 3.05) is 40.4 Å². The third kappa shape index (κ3) is 4.24. The zero-order chi connectivity index (χ0) is 19.2. The number of H-pyrrole nitrogens is 1. The molecule has 0 spiro atoms. The van der Waals surface area contributed by atoms with Crippen molar-refractivity contribution in [3.8, 4) is 11.5 Å². The van der Waals surface area contributed by atoms with Gasteiger partial charge in [-0.2, -0.15) is 0 Å². The molecule has 2 heterocycles. The molecule has 0 unspecified atom stereocenters. The van der Waals surface area contributed by atoms with E-state index in [-0.39, 0.29) is 11.8 Å². The van der Waals surface area contributed by atoms with Crippen molar-refractivity contribution in [3.63, 3.8) is 0 Å². The lowest BCUT2D eigenvalue weighted by atomic mass is 10.1. The molecule has 0 aliphatic carbocycles. The van der Waals surface area contributed by atoms with Gasteiger partial charge in [0.1, 0.15) is 17.1 Å². The molecule has 1 aromatic heterocycles. The van der Waals surface area contributed by atoms with Gasteiger partial charge >= 0.3 is 0 Å². The van der Waals surface area contributed by atoms with Crippen LogP contribution in [0.25, 0.3) is 0 Å². The van der Waals surface area contributed by atoms with Crippen molar-refractivity contribution >= 4 is 11.8 Å². The molecule has 0 atom stereocenters. The molecule has 27 heavy (non-hydrogen) atoms. The largest absolute Gasteiger partial charge is 0.496 e. The summed E-state index contributed by atoms with van der Waals surface area (Å²) in [6.45, 7) is 2.25. The quantitative estimate of drug-likeness (QED) is 0.872. The lowest BCUT2D eigenvalue weighted by Gasteiger charge is -2.23. The van der Waals surface area contributed by atoms with Crippen LogP contribution in [0.2, 0.25) is 0 Å². The molecule has 0 bridgehead atoms. The molecule has 7 nitrogen and oxygen atoms in total. The molecular weight excluding hydrogens is 346 g/mol. The van der Waals surface area contributed by atoms with Gasteiger partial charge in [-0.15, -0.1) is 0 Å². The predicted molar refractivity (Wildman–Crippen MR) is 101 cm³/mol. The maximum atomic E-state index is 13.1. The Balaban J connectivity index is 1.69. The fourth-order valence-corrected chi connectivity index (χ4v) is 3.34. The Morgan fingerprint density at radius 2 is 1.67 bits per heavy atom. The Morgan fingerprint density at radius 1 is 1.00 bits per heavy atom. The lowest BCUT2D eigenvalue weighted by Crippen LogP contribution is -2.38. The highest BCUT2D eigenvalue weighted by atomic mass is 16.5. The van der Waals surface area contributed by atoms with Gasteiger partial charge in [0.15, 0.2) is 0 Å². The number of aromatic nitrogens is 1. The average Bonchev–Trinajstić information content (AvgIpc) is 3.07. The van der Waals surface area contributed by atoms with Crippen LogP contribution < -0.4 is 9.47 Å². The smallest absolute Gasteiger partial charge is 0.261 e. The summed E-state index contributed by atoms with van der Waals surface area (Å²) in [5, 5.41) is 0. The topological polar surface area (TPSA) is 74.9 Å². The first-order valence-electron chi connectivity index (χ1n) is 9.03. The summed E-state index contributed by atoms with van der Waals surface area (Å²) in [5.74, 6) is 0.927. The molecule has 2 amide bonds. The van der Waals surface area contributed by atoms with E-state index < -0.39 is 0 Å². The predicted octanol–water partition coefficient (Wildman–Crippen LogP) is 1.95. The van der Waals surface area contributed by atoms with Crippen molar-refractivity contribution in [1.29, 1.82) is 0 Å². The molecule has 1 aromatic carbocycles. The van der Waals surface area contributed by atoms with Crippen LogP contribution in [0.1, 0.15) is 22.3 Å². The van der Waals surface area contributed by atoms with Crippen LogP contribution in [-0.4, -0.2) is 67.0 Å². The van der Waals surface area contributed by atoms with E-state index in [2.05, 4.69) is 4.98 Å². The van der Waals surface area contributed by atoms with Crippen LogP contribution in [0.15, 0.2) is 36.7 Å². The number of carbonyl (C=O) groups excluding carboxylic acids is 2. The van der Waals surface area contributed by atoms with Gasteiger partial charge in [0, 0.05) is 38.6 Å². The minimum absolute atomic E-state index is 0.0822. The Hall–Kier alpha value is -2.96. The summed E-state index contributed by atoms with van der Waals surface area (Å²) in [5.41, 5.74) is 1.39. The second-order valence-corrected chi connectivity index (χ2v) is 6.46. The van der Waals surface area contributed by atoms with E-state index in [1.807, 2.05) is 23.4 Å². The molecular formula is C20H25N3O4. The van der Waals surface area contributed by atoms with E-state index >= 15 is 0 Å². The fraction of sp³-hybridized carbons (Fsp3) is 0.400. The van der Waals surface area contributed by atoms with Crippen LogP contribution >= 0.6 is 0 Å². The summed E-state index contributed by atoms with van der Waals surface area (Å²) >= 11 is 0.